The van der Waals surface area contributed by atoms with E-state index >= 15 is 0 Å². The highest BCUT2D eigenvalue weighted by Crippen LogP contribution is 2.43. The first-order chi connectivity index (χ1) is 16.2. The van der Waals surface area contributed by atoms with E-state index in [4.69, 9.17) is 4.74 Å². The van der Waals surface area contributed by atoms with Crippen LogP contribution in [0.4, 0.5) is 0 Å². The Bertz CT molecular complexity index is 971. The molecule has 0 radical (unpaired) electrons. The number of nitrogens with zero attached hydrogens (tertiary/aromatic N) is 2. The van der Waals surface area contributed by atoms with Crippen molar-refractivity contribution in [2.75, 3.05) is 26.7 Å². The number of amides is 1. The summed E-state index contributed by atoms with van der Waals surface area (Å²) in [5.74, 6) is 0.927. The molecule has 0 spiro atoms. The summed E-state index contributed by atoms with van der Waals surface area (Å²) in [4.78, 5) is 17.9. The highest BCUT2D eigenvalue weighted by atomic mass is 16.5. The van der Waals surface area contributed by atoms with Crippen molar-refractivity contribution in [3.63, 3.8) is 0 Å². The molecule has 0 aromatic heterocycles. The highest BCUT2D eigenvalue weighted by molar-refractivity contribution is 5.94. The van der Waals surface area contributed by atoms with Gasteiger partial charge in [-0.25, -0.2) is 0 Å². The minimum Gasteiger partial charge on any atom is -0.497 e. The first kappa shape index (κ1) is 22.2. The fourth-order valence-corrected chi connectivity index (χ4v) is 5.98. The second-order valence-electron chi connectivity index (χ2n) is 9.75. The first-order valence-electron chi connectivity index (χ1n) is 12.3. The normalized spacial score (nSPS) is 24.2. The van der Waals surface area contributed by atoms with Crippen molar-refractivity contribution in [2.24, 2.45) is 0 Å². The Labute approximate surface area is 197 Å². The molecule has 3 atom stereocenters. The van der Waals surface area contributed by atoms with Gasteiger partial charge in [0.1, 0.15) is 5.75 Å². The number of piperidine rings is 1. The maximum atomic E-state index is 12.7. The molecule has 4 aliphatic rings. The number of carbonyl (C=O) groups is 1. The Hall–Kier alpha value is -2.63. The van der Waals surface area contributed by atoms with Gasteiger partial charge in [0.2, 0.25) is 0 Å². The van der Waals surface area contributed by atoms with E-state index in [9.17, 15) is 4.79 Å². The number of rotatable bonds is 8. The Kier molecular flexibility index (Phi) is 6.52. The summed E-state index contributed by atoms with van der Waals surface area (Å²) in [5.41, 5.74) is 3.22. The molecule has 1 amide bonds. The van der Waals surface area contributed by atoms with Crippen LogP contribution in [0.15, 0.2) is 61.2 Å². The highest BCUT2D eigenvalue weighted by Gasteiger charge is 2.48. The van der Waals surface area contributed by atoms with Crippen LogP contribution in [0.25, 0.3) is 0 Å². The van der Waals surface area contributed by atoms with E-state index < -0.39 is 0 Å². The van der Waals surface area contributed by atoms with Crippen LogP contribution in [0, 0.1) is 0 Å². The van der Waals surface area contributed by atoms with Gasteiger partial charge in [-0.2, -0.15) is 0 Å². The minimum absolute atomic E-state index is 0.0484. The molecule has 5 heteroatoms. The van der Waals surface area contributed by atoms with Crippen molar-refractivity contribution in [1.82, 2.24) is 15.1 Å². The average molecular weight is 446 g/mol. The lowest BCUT2D eigenvalue weighted by molar-refractivity contribution is -0.0850. The van der Waals surface area contributed by atoms with Crippen LogP contribution in [0.5, 0.6) is 5.75 Å². The van der Waals surface area contributed by atoms with Crippen molar-refractivity contribution in [3.05, 3.63) is 77.9 Å². The van der Waals surface area contributed by atoms with E-state index in [1.807, 2.05) is 24.3 Å². The van der Waals surface area contributed by atoms with E-state index in [0.717, 1.165) is 43.8 Å². The Morgan fingerprint density at radius 2 is 1.85 bits per heavy atom. The SMILES string of the molecule is C=CCN1CC2CC(C1)N2C(c1ccc(C(=O)NC2CCCC2)cc1)c1cccc(OC)c1. The molecule has 1 saturated carbocycles. The molecule has 3 saturated heterocycles. The summed E-state index contributed by atoms with van der Waals surface area (Å²) in [6.45, 7) is 7.02. The van der Waals surface area contributed by atoms with Gasteiger partial charge in [0, 0.05) is 43.3 Å². The van der Waals surface area contributed by atoms with Gasteiger partial charge in [-0.3, -0.25) is 14.6 Å². The number of piperazine rings is 1. The Morgan fingerprint density at radius 3 is 2.52 bits per heavy atom. The minimum atomic E-state index is 0.0484. The molecule has 2 bridgehead atoms. The zero-order valence-corrected chi connectivity index (χ0v) is 19.6. The van der Waals surface area contributed by atoms with Crippen molar-refractivity contribution < 1.29 is 9.53 Å². The maximum Gasteiger partial charge on any atom is 0.251 e. The molecular formula is C28H35N3O2. The van der Waals surface area contributed by atoms with Gasteiger partial charge >= 0.3 is 0 Å². The van der Waals surface area contributed by atoms with Crippen LogP contribution >= 0.6 is 0 Å². The Balaban J connectivity index is 1.40. The maximum absolute atomic E-state index is 12.7. The van der Waals surface area contributed by atoms with Crippen molar-refractivity contribution in [1.29, 1.82) is 0 Å². The number of hydrogen-bond donors (Lipinski definition) is 1. The molecule has 6 rings (SSSR count). The predicted octanol–water partition coefficient (Wildman–Crippen LogP) is 4.40. The van der Waals surface area contributed by atoms with Gasteiger partial charge in [-0.15, -0.1) is 6.58 Å². The van der Waals surface area contributed by atoms with Crippen LogP contribution in [0.2, 0.25) is 0 Å². The third-order valence-corrected chi connectivity index (χ3v) is 7.60. The zero-order chi connectivity index (χ0) is 22.8. The number of methoxy groups -OCH3 is 1. The third-order valence-electron chi connectivity index (χ3n) is 7.60. The van der Waals surface area contributed by atoms with Crippen molar-refractivity contribution in [2.45, 2.75) is 56.3 Å². The quantitative estimate of drug-likeness (QED) is 0.612. The van der Waals surface area contributed by atoms with E-state index in [2.05, 4.69) is 52.0 Å². The van der Waals surface area contributed by atoms with Gasteiger partial charge in [0.25, 0.3) is 5.91 Å². The molecule has 174 valence electrons. The van der Waals surface area contributed by atoms with E-state index in [1.54, 1.807) is 7.11 Å². The zero-order valence-electron chi connectivity index (χ0n) is 19.6. The largest absolute Gasteiger partial charge is 0.497 e. The number of fused-ring (bicyclic) bond motifs is 2. The van der Waals surface area contributed by atoms with Crippen molar-refractivity contribution >= 4 is 5.91 Å². The van der Waals surface area contributed by atoms with Gasteiger partial charge in [-0.1, -0.05) is 43.2 Å². The van der Waals surface area contributed by atoms with Crippen LogP contribution in [-0.2, 0) is 0 Å². The van der Waals surface area contributed by atoms with E-state index in [-0.39, 0.29) is 11.9 Å². The lowest BCUT2D eigenvalue weighted by atomic mass is 9.81. The molecule has 3 unspecified atom stereocenters. The average Bonchev–Trinajstić information content (AvgIpc) is 3.36. The molecule has 4 fully saturated rings. The number of benzene rings is 2. The second kappa shape index (κ2) is 9.70. The molecular weight excluding hydrogens is 410 g/mol. The third kappa shape index (κ3) is 4.57. The fraction of sp³-hybridized carbons (Fsp3) is 0.464. The smallest absolute Gasteiger partial charge is 0.251 e. The molecule has 1 aliphatic carbocycles. The predicted molar refractivity (Wildman–Crippen MR) is 132 cm³/mol. The number of hydrogen-bond acceptors (Lipinski definition) is 4. The summed E-state index contributed by atoms with van der Waals surface area (Å²) in [5, 5.41) is 3.21. The molecule has 2 aromatic rings. The van der Waals surface area contributed by atoms with Gasteiger partial charge in [-0.05, 0) is 54.7 Å². The molecule has 1 N–H and O–H groups in total. The number of carbonyl (C=O) groups excluding carboxylic acids is 1. The monoisotopic (exact) mass is 445 g/mol. The van der Waals surface area contributed by atoms with E-state index in [1.165, 1.54) is 30.4 Å². The molecule has 2 aromatic carbocycles. The first-order valence-corrected chi connectivity index (χ1v) is 12.3. The van der Waals surface area contributed by atoms with Gasteiger partial charge in [0.15, 0.2) is 0 Å². The molecule has 3 aliphatic heterocycles. The molecule has 3 heterocycles. The summed E-state index contributed by atoms with van der Waals surface area (Å²) < 4.78 is 5.54. The van der Waals surface area contributed by atoms with Crippen LogP contribution < -0.4 is 10.1 Å². The summed E-state index contributed by atoms with van der Waals surface area (Å²) >= 11 is 0. The standard InChI is InChI=1S/C28H35N3O2/c1-3-15-30-18-24-17-25(19-30)31(24)27(22-7-6-10-26(16-22)33-2)20-11-13-21(14-12-20)28(32)29-23-8-4-5-9-23/h3,6-7,10-14,16,23-25,27H,1,4-5,8-9,15,17-19H2,2H3,(H,29,32). The fourth-order valence-electron chi connectivity index (χ4n) is 5.98. The Morgan fingerprint density at radius 1 is 1.12 bits per heavy atom. The van der Waals surface area contributed by atoms with Gasteiger partial charge < -0.3 is 10.1 Å². The number of nitrogens with one attached hydrogen (secondary N) is 1. The topological polar surface area (TPSA) is 44.8 Å². The number of ether oxygens (including phenoxy) is 1. The van der Waals surface area contributed by atoms with Crippen LogP contribution in [-0.4, -0.2) is 60.6 Å². The second-order valence-corrected chi connectivity index (χ2v) is 9.75. The lowest BCUT2D eigenvalue weighted by Crippen LogP contribution is -2.69. The van der Waals surface area contributed by atoms with Crippen LogP contribution in [0.3, 0.4) is 0 Å². The lowest BCUT2D eigenvalue weighted by Gasteiger charge is -2.59. The van der Waals surface area contributed by atoms with Crippen molar-refractivity contribution in [3.8, 4) is 5.75 Å². The van der Waals surface area contributed by atoms with Crippen LogP contribution in [0.1, 0.15) is 59.6 Å². The summed E-state index contributed by atoms with van der Waals surface area (Å²) in [6, 6.07) is 18.2. The van der Waals surface area contributed by atoms with Gasteiger partial charge in [0.05, 0.1) is 13.2 Å². The molecule has 33 heavy (non-hydrogen) atoms. The van der Waals surface area contributed by atoms with E-state index in [0.29, 0.717) is 18.1 Å². The summed E-state index contributed by atoms with van der Waals surface area (Å²) in [6.07, 6.45) is 7.88. The molecule has 5 nitrogen and oxygen atoms in total. The summed E-state index contributed by atoms with van der Waals surface area (Å²) in [7, 11) is 1.72.